The summed E-state index contributed by atoms with van der Waals surface area (Å²) in [6, 6.07) is 14.6. The third kappa shape index (κ3) is 6.49. The van der Waals surface area contributed by atoms with Crippen LogP contribution in [0.1, 0.15) is 44.6 Å². The van der Waals surface area contributed by atoms with Crippen molar-refractivity contribution >= 4 is 34.8 Å². The summed E-state index contributed by atoms with van der Waals surface area (Å²) in [5.74, 6) is -0.360. The van der Waals surface area contributed by atoms with Gasteiger partial charge in [-0.25, -0.2) is 0 Å². The number of hydrogen-bond donors (Lipinski definition) is 2. The molecule has 2 N–H and O–H groups in total. The molecule has 30 heavy (non-hydrogen) atoms. The monoisotopic (exact) mass is 427 g/mol. The molecule has 0 radical (unpaired) electrons. The van der Waals surface area contributed by atoms with E-state index in [1.54, 1.807) is 12.1 Å². The van der Waals surface area contributed by atoms with Crippen molar-refractivity contribution in [3.8, 4) is 0 Å². The first kappa shape index (κ1) is 22.2. The summed E-state index contributed by atoms with van der Waals surface area (Å²) in [4.78, 5) is 27.8. The van der Waals surface area contributed by atoms with Crippen LogP contribution >= 0.6 is 11.6 Å². The molecule has 160 valence electrons. The summed E-state index contributed by atoms with van der Waals surface area (Å²) in [5, 5.41) is 6.49. The Morgan fingerprint density at radius 2 is 1.87 bits per heavy atom. The van der Waals surface area contributed by atoms with E-state index in [1.807, 2.05) is 30.3 Å². The number of amides is 2. The summed E-state index contributed by atoms with van der Waals surface area (Å²) < 4.78 is 0. The van der Waals surface area contributed by atoms with Crippen LogP contribution < -0.4 is 15.5 Å². The molecule has 2 aromatic rings. The fourth-order valence-electron chi connectivity index (χ4n) is 3.74. The molecule has 2 aromatic carbocycles. The van der Waals surface area contributed by atoms with E-state index < -0.39 is 6.04 Å². The van der Waals surface area contributed by atoms with Crippen molar-refractivity contribution in [1.29, 1.82) is 0 Å². The van der Waals surface area contributed by atoms with Gasteiger partial charge in [-0.2, -0.15) is 0 Å². The SMILES string of the molecule is CCCCC(NC(=O)Cc1cccc(Cl)c1)C(=O)Nc1cccc(N2CCCC2)c1. The van der Waals surface area contributed by atoms with E-state index in [0.29, 0.717) is 11.4 Å². The molecule has 1 heterocycles. The number of rotatable bonds is 9. The van der Waals surface area contributed by atoms with E-state index in [0.717, 1.165) is 42.9 Å². The predicted molar refractivity (Wildman–Crippen MR) is 123 cm³/mol. The molecule has 0 saturated carbocycles. The lowest BCUT2D eigenvalue weighted by atomic mass is 10.1. The van der Waals surface area contributed by atoms with Crippen molar-refractivity contribution in [1.82, 2.24) is 5.32 Å². The van der Waals surface area contributed by atoms with Crippen LogP contribution in [0.5, 0.6) is 0 Å². The Labute approximate surface area is 183 Å². The molecular formula is C24H30ClN3O2. The van der Waals surface area contributed by atoms with Gasteiger partial charge in [0.2, 0.25) is 11.8 Å². The Bertz CT molecular complexity index is 865. The lowest BCUT2D eigenvalue weighted by molar-refractivity contribution is -0.126. The maximum absolute atomic E-state index is 12.9. The van der Waals surface area contributed by atoms with Crippen LogP contribution in [0, 0.1) is 0 Å². The molecule has 3 rings (SSSR count). The number of hydrogen-bond acceptors (Lipinski definition) is 3. The highest BCUT2D eigenvalue weighted by Crippen LogP contribution is 2.23. The molecule has 5 nitrogen and oxygen atoms in total. The zero-order valence-corrected chi connectivity index (χ0v) is 18.3. The number of halogens is 1. The van der Waals surface area contributed by atoms with Crippen LogP contribution in [-0.2, 0) is 16.0 Å². The Hall–Kier alpha value is -2.53. The fourth-order valence-corrected chi connectivity index (χ4v) is 3.95. The maximum Gasteiger partial charge on any atom is 0.246 e. The standard InChI is InChI=1S/C24H30ClN3O2/c1-2-3-12-22(27-23(29)16-18-8-6-9-19(25)15-18)24(30)26-20-10-7-11-21(17-20)28-13-4-5-14-28/h6-11,15,17,22H,2-5,12-14,16H2,1H3,(H,26,30)(H,27,29). The molecule has 2 amide bonds. The topological polar surface area (TPSA) is 61.4 Å². The molecule has 1 aliphatic heterocycles. The molecule has 1 unspecified atom stereocenters. The quantitative estimate of drug-likeness (QED) is 0.604. The molecule has 1 aliphatic rings. The third-order valence-corrected chi connectivity index (χ3v) is 5.57. The first-order valence-electron chi connectivity index (χ1n) is 10.7. The third-order valence-electron chi connectivity index (χ3n) is 5.34. The van der Waals surface area contributed by atoms with Crippen molar-refractivity contribution in [2.45, 2.75) is 51.5 Å². The zero-order valence-electron chi connectivity index (χ0n) is 17.5. The lowest BCUT2D eigenvalue weighted by Crippen LogP contribution is -2.44. The molecule has 1 atom stereocenters. The highest BCUT2D eigenvalue weighted by atomic mass is 35.5. The van der Waals surface area contributed by atoms with E-state index in [2.05, 4.69) is 28.5 Å². The highest BCUT2D eigenvalue weighted by Gasteiger charge is 2.21. The van der Waals surface area contributed by atoms with E-state index in [-0.39, 0.29) is 18.2 Å². The van der Waals surface area contributed by atoms with Crippen LogP contribution in [0.2, 0.25) is 5.02 Å². The van der Waals surface area contributed by atoms with Gasteiger partial charge in [0.15, 0.2) is 0 Å². The predicted octanol–water partition coefficient (Wildman–Crippen LogP) is 4.80. The maximum atomic E-state index is 12.9. The lowest BCUT2D eigenvalue weighted by Gasteiger charge is -2.21. The van der Waals surface area contributed by atoms with Gasteiger partial charge in [0.1, 0.15) is 6.04 Å². The van der Waals surface area contributed by atoms with Crippen molar-refractivity contribution < 1.29 is 9.59 Å². The smallest absolute Gasteiger partial charge is 0.246 e. The second kappa shape index (κ2) is 11.0. The number of benzene rings is 2. The van der Waals surface area contributed by atoms with Gasteiger partial charge >= 0.3 is 0 Å². The summed E-state index contributed by atoms with van der Waals surface area (Å²) in [6.45, 7) is 4.18. The van der Waals surface area contributed by atoms with Crippen molar-refractivity contribution in [2.24, 2.45) is 0 Å². The Balaban J connectivity index is 1.63. The fraction of sp³-hybridized carbons (Fsp3) is 0.417. The second-order valence-electron chi connectivity index (χ2n) is 7.80. The summed E-state index contributed by atoms with van der Waals surface area (Å²) in [5.41, 5.74) is 2.71. The normalized spacial score (nSPS) is 14.4. The first-order chi connectivity index (χ1) is 14.5. The average Bonchev–Trinajstić information content (AvgIpc) is 3.26. The van der Waals surface area contributed by atoms with Crippen LogP contribution in [0.3, 0.4) is 0 Å². The molecule has 1 fully saturated rings. The van der Waals surface area contributed by atoms with Gasteiger partial charge in [0.25, 0.3) is 0 Å². The van der Waals surface area contributed by atoms with Gasteiger partial charge in [-0.1, -0.05) is 49.6 Å². The Kier molecular flexibility index (Phi) is 8.14. The molecular weight excluding hydrogens is 398 g/mol. The minimum Gasteiger partial charge on any atom is -0.371 e. The summed E-state index contributed by atoms with van der Waals surface area (Å²) in [7, 11) is 0. The van der Waals surface area contributed by atoms with Gasteiger partial charge < -0.3 is 15.5 Å². The molecule has 0 aliphatic carbocycles. The van der Waals surface area contributed by atoms with E-state index in [1.165, 1.54) is 12.8 Å². The van der Waals surface area contributed by atoms with E-state index >= 15 is 0 Å². The number of carbonyl (C=O) groups is 2. The number of anilines is 2. The van der Waals surface area contributed by atoms with E-state index in [9.17, 15) is 9.59 Å². The second-order valence-corrected chi connectivity index (χ2v) is 8.24. The highest BCUT2D eigenvalue weighted by molar-refractivity contribution is 6.30. The van der Waals surface area contributed by atoms with Crippen LogP contribution in [-0.4, -0.2) is 30.9 Å². The van der Waals surface area contributed by atoms with Gasteiger partial charge in [-0.3, -0.25) is 9.59 Å². The van der Waals surface area contributed by atoms with Crippen molar-refractivity contribution in [2.75, 3.05) is 23.3 Å². The van der Waals surface area contributed by atoms with Crippen LogP contribution in [0.15, 0.2) is 48.5 Å². The molecule has 1 saturated heterocycles. The van der Waals surface area contributed by atoms with E-state index in [4.69, 9.17) is 11.6 Å². The molecule has 0 aromatic heterocycles. The number of nitrogens with one attached hydrogen (secondary N) is 2. The largest absolute Gasteiger partial charge is 0.371 e. The minimum atomic E-state index is -0.563. The zero-order chi connectivity index (χ0) is 21.3. The summed E-state index contributed by atoms with van der Waals surface area (Å²) in [6.07, 6.45) is 5.03. The van der Waals surface area contributed by atoms with Crippen LogP contribution in [0.4, 0.5) is 11.4 Å². The number of unbranched alkanes of at least 4 members (excludes halogenated alkanes) is 1. The first-order valence-corrected chi connectivity index (χ1v) is 11.1. The minimum absolute atomic E-state index is 0.179. The average molecular weight is 428 g/mol. The van der Waals surface area contributed by atoms with Gasteiger partial charge in [0, 0.05) is 29.5 Å². The van der Waals surface area contributed by atoms with Gasteiger partial charge in [-0.15, -0.1) is 0 Å². The van der Waals surface area contributed by atoms with Crippen molar-refractivity contribution in [3.63, 3.8) is 0 Å². The van der Waals surface area contributed by atoms with Gasteiger partial charge in [0.05, 0.1) is 6.42 Å². The van der Waals surface area contributed by atoms with Crippen molar-refractivity contribution in [3.05, 3.63) is 59.1 Å². The number of carbonyl (C=O) groups excluding carboxylic acids is 2. The molecule has 0 bridgehead atoms. The van der Waals surface area contributed by atoms with Crippen LogP contribution in [0.25, 0.3) is 0 Å². The Morgan fingerprint density at radius 1 is 1.10 bits per heavy atom. The molecule has 6 heteroatoms. The Morgan fingerprint density at radius 3 is 2.60 bits per heavy atom. The summed E-state index contributed by atoms with van der Waals surface area (Å²) >= 11 is 6.00. The number of nitrogens with zero attached hydrogens (tertiary/aromatic N) is 1. The molecule has 0 spiro atoms. The van der Waals surface area contributed by atoms with Gasteiger partial charge in [-0.05, 0) is 55.2 Å².